The van der Waals surface area contributed by atoms with Gasteiger partial charge >= 0.3 is 0 Å². The van der Waals surface area contributed by atoms with E-state index in [4.69, 9.17) is 4.74 Å². The van der Waals surface area contributed by atoms with Crippen molar-refractivity contribution in [2.75, 3.05) is 25.1 Å². The predicted molar refractivity (Wildman–Crippen MR) is 112 cm³/mol. The van der Waals surface area contributed by atoms with Crippen molar-refractivity contribution in [2.24, 2.45) is 5.92 Å². The molecule has 0 aliphatic carbocycles. The van der Waals surface area contributed by atoms with Gasteiger partial charge in [0, 0.05) is 30.6 Å². The lowest BCUT2D eigenvalue weighted by atomic mass is 9.94. The second kappa shape index (κ2) is 8.94. The number of ether oxygens (including phenoxy) is 1. The quantitative estimate of drug-likeness (QED) is 0.588. The Hall–Kier alpha value is -3.09. The fraction of sp³-hybridized carbons (Fsp3) is 0.409. The van der Waals surface area contributed by atoms with Gasteiger partial charge in [-0.05, 0) is 38.8 Å². The number of nitro benzene ring substituents is 1. The first-order chi connectivity index (χ1) is 13.9. The van der Waals surface area contributed by atoms with Crippen molar-refractivity contribution in [1.29, 1.82) is 0 Å². The third kappa shape index (κ3) is 4.67. The zero-order valence-corrected chi connectivity index (χ0v) is 17.1. The molecule has 1 aliphatic rings. The number of nitrogens with one attached hydrogen (secondary N) is 1. The first-order valence-corrected chi connectivity index (χ1v) is 9.84. The van der Waals surface area contributed by atoms with E-state index in [1.165, 1.54) is 6.07 Å². The number of carbonyl (C=O) groups is 1. The molecule has 29 heavy (non-hydrogen) atoms. The smallest absolute Gasteiger partial charge is 0.292 e. The Morgan fingerprint density at radius 2 is 1.93 bits per heavy atom. The maximum Gasteiger partial charge on any atom is 0.292 e. The highest BCUT2D eigenvalue weighted by Gasteiger charge is 2.29. The number of nitrogens with zero attached hydrogens (tertiary/aromatic N) is 2. The van der Waals surface area contributed by atoms with Crippen molar-refractivity contribution >= 4 is 17.3 Å². The number of nitro groups is 1. The summed E-state index contributed by atoms with van der Waals surface area (Å²) < 4.78 is 5.43. The number of anilines is 1. The van der Waals surface area contributed by atoms with Crippen molar-refractivity contribution in [3.63, 3.8) is 0 Å². The average molecular weight is 397 g/mol. The van der Waals surface area contributed by atoms with E-state index in [2.05, 4.69) is 5.32 Å². The van der Waals surface area contributed by atoms with Crippen LogP contribution in [0.1, 0.15) is 36.9 Å². The Morgan fingerprint density at radius 3 is 2.59 bits per heavy atom. The lowest BCUT2D eigenvalue weighted by Crippen LogP contribution is -2.41. The van der Waals surface area contributed by atoms with Crippen LogP contribution in [0.3, 0.4) is 0 Å². The van der Waals surface area contributed by atoms with Gasteiger partial charge in [0.15, 0.2) is 0 Å². The number of para-hydroxylation sites is 2. The predicted octanol–water partition coefficient (Wildman–Crippen LogP) is 4.01. The molecule has 0 spiro atoms. The van der Waals surface area contributed by atoms with Crippen molar-refractivity contribution in [3.8, 4) is 5.75 Å². The van der Waals surface area contributed by atoms with E-state index in [1.54, 1.807) is 25.3 Å². The maximum atomic E-state index is 12.8. The SMILES string of the molecule is COc1ccc(C)cc1[C@H](C)NC(=O)C1CCN(c2ccccc2[N+](=O)[O-])CC1. The summed E-state index contributed by atoms with van der Waals surface area (Å²) in [4.78, 5) is 25.7. The molecule has 7 heteroatoms. The van der Waals surface area contributed by atoms with Crippen LogP contribution in [0.2, 0.25) is 0 Å². The molecule has 1 fully saturated rings. The van der Waals surface area contributed by atoms with Crippen LogP contribution in [0.15, 0.2) is 42.5 Å². The van der Waals surface area contributed by atoms with Crippen molar-refractivity contribution < 1.29 is 14.5 Å². The summed E-state index contributed by atoms with van der Waals surface area (Å²) in [5.41, 5.74) is 2.79. The van der Waals surface area contributed by atoms with E-state index in [-0.39, 0.29) is 28.5 Å². The molecule has 0 saturated carbocycles. The number of aryl methyl sites for hydroxylation is 1. The summed E-state index contributed by atoms with van der Waals surface area (Å²) in [5.74, 6) is 0.671. The molecule has 1 aliphatic heterocycles. The van der Waals surface area contributed by atoms with Crippen LogP contribution < -0.4 is 15.0 Å². The number of hydrogen-bond donors (Lipinski definition) is 1. The first kappa shape index (κ1) is 20.6. The molecule has 0 radical (unpaired) electrons. The highest BCUT2D eigenvalue weighted by molar-refractivity contribution is 5.79. The second-order valence-corrected chi connectivity index (χ2v) is 7.48. The molecule has 7 nitrogen and oxygen atoms in total. The molecule has 0 aromatic heterocycles. The van der Waals surface area contributed by atoms with Gasteiger partial charge < -0.3 is 15.0 Å². The van der Waals surface area contributed by atoms with Gasteiger partial charge in [-0.15, -0.1) is 0 Å². The Balaban J connectivity index is 1.62. The van der Waals surface area contributed by atoms with Gasteiger partial charge in [0.25, 0.3) is 5.69 Å². The minimum Gasteiger partial charge on any atom is -0.496 e. The molecule has 1 amide bonds. The fourth-order valence-electron chi connectivity index (χ4n) is 3.87. The fourth-order valence-corrected chi connectivity index (χ4v) is 3.87. The first-order valence-electron chi connectivity index (χ1n) is 9.84. The highest BCUT2D eigenvalue weighted by Crippen LogP contribution is 2.32. The van der Waals surface area contributed by atoms with Gasteiger partial charge in [-0.25, -0.2) is 0 Å². The number of methoxy groups -OCH3 is 1. The minimum absolute atomic E-state index is 0.0169. The van der Waals surface area contributed by atoms with Crippen LogP contribution in [0.4, 0.5) is 11.4 Å². The standard InChI is InChI=1S/C22H27N3O4/c1-15-8-9-21(29-3)18(14-15)16(2)23-22(26)17-10-12-24(13-11-17)19-6-4-5-7-20(19)25(27)28/h4-9,14,16-17H,10-13H2,1-3H3,(H,23,26)/t16-/m0/s1. The normalized spacial score (nSPS) is 15.6. The maximum absolute atomic E-state index is 12.8. The van der Waals surface area contributed by atoms with Gasteiger partial charge in [0.1, 0.15) is 11.4 Å². The Kier molecular flexibility index (Phi) is 6.36. The van der Waals surface area contributed by atoms with Gasteiger partial charge in [-0.3, -0.25) is 14.9 Å². The molecular weight excluding hydrogens is 370 g/mol. The van der Waals surface area contributed by atoms with Gasteiger partial charge in [-0.2, -0.15) is 0 Å². The van der Waals surface area contributed by atoms with E-state index in [9.17, 15) is 14.9 Å². The molecule has 1 atom stereocenters. The summed E-state index contributed by atoms with van der Waals surface area (Å²) >= 11 is 0. The van der Waals surface area contributed by atoms with Crippen LogP contribution >= 0.6 is 0 Å². The Labute approximate surface area is 170 Å². The van der Waals surface area contributed by atoms with Crippen LogP contribution in [0.25, 0.3) is 0 Å². The Bertz CT molecular complexity index is 891. The zero-order valence-electron chi connectivity index (χ0n) is 17.1. The molecule has 3 rings (SSSR count). The van der Waals surface area contributed by atoms with E-state index in [0.29, 0.717) is 31.6 Å². The molecule has 154 valence electrons. The second-order valence-electron chi connectivity index (χ2n) is 7.48. The van der Waals surface area contributed by atoms with E-state index in [0.717, 1.165) is 16.9 Å². The third-order valence-electron chi connectivity index (χ3n) is 5.50. The van der Waals surface area contributed by atoms with Crippen molar-refractivity contribution in [3.05, 3.63) is 63.7 Å². The summed E-state index contributed by atoms with van der Waals surface area (Å²) in [5, 5.41) is 14.4. The molecule has 1 saturated heterocycles. The van der Waals surface area contributed by atoms with Gasteiger partial charge in [0.05, 0.1) is 18.1 Å². The largest absolute Gasteiger partial charge is 0.496 e. The summed E-state index contributed by atoms with van der Waals surface area (Å²) in [6, 6.07) is 12.5. The van der Waals surface area contributed by atoms with E-state index >= 15 is 0 Å². The molecule has 0 unspecified atom stereocenters. The molecule has 1 heterocycles. The molecule has 2 aromatic carbocycles. The molecular formula is C22H27N3O4. The van der Waals surface area contributed by atoms with Crippen LogP contribution in [0, 0.1) is 23.0 Å². The summed E-state index contributed by atoms with van der Waals surface area (Å²) in [7, 11) is 1.63. The number of piperidine rings is 1. The zero-order chi connectivity index (χ0) is 21.0. The highest BCUT2D eigenvalue weighted by atomic mass is 16.6. The topological polar surface area (TPSA) is 84.7 Å². The lowest BCUT2D eigenvalue weighted by molar-refractivity contribution is -0.384. The monoisotopic (exact) mass is 397 g/mol. The molecule has 2 aromatic rings. The van der Waals surface area contributed by atoms with Crippen molar-refractivity contribution in [1.82, 2.24) is 5.32 Å². The molecule has 0 bridgehead atoms. The van der Waals surface area contributed by atoms with Crippen molar-refractivity contribution in [2.45, 2.75) is 32.7 Å². The van der Waals surface area contributed by atoms with Crippen LogP contribution in [-0.4, -0.2) is 31.0 Å². The third-order valence-corrected chi connectivity index (χ3v) is 5.50. The number of benzene rings is 2. The average Bonchev–Trinajstić information content (AvgIpc) is 2.73. The van der Waals surface area contributed by atoms with Crippen LogP contribution in [0.5, 0.6) is 5.75 Å². The van der Waals surface area contributed by atoms with E-state index in [1.807, 2.05) is 36.9 Å². The number of carbonyl (C=O) groups excluding carboxylic acids is 1. The summed E-state index contributed by atoms with van der Waals surface area (Å²) in [6.07, 6.45) is 1.32. The van der Waals surface area contributed by atoms with Crippen LogP contribution in [-0.2, 0) is 4.79 Å². The minimum atomic E-state index is -0.356. The Morgan fingerprint density at radius 1 is 1.24 bits per heavy atom. The lowest BCUT2D eigenvalue weighted by Gasteiger charge is -2.33. The van der Waals surface area contributed by atoms with Gasteiger partial charge in [-0.1, -0.05) is 29.8 Å². The van der Waals surface area contributed by atoms with E-state index < -0.39 is 0 Å². The summed E-state index contributed by atoms with van der Waals surface area (Å²) in [6.45, 7) is 5.20. The number of amides is 1. The number of hydrogen-bond acceptors (Lipinski definition) is 5. The van der Waals surface area contributed by atoms with Gasteiger partial charge in [0.2, 0.25) is 5.91 Å². The number of rotatable bonds is 6. The molecule has 1 N–H and O–H groups in total.